The fraction of sp³-hybridized carbons (Fsp3) is 0.562. The van der Waals surface area contributed by atoms with E-state index in [-0.39, 0.29) is 25.6 Å². The van der Waals surface area contributed by atoms with Gasteiger partial charge in [-0.25, -0.2) is 8.78 Å². The monoisotopic (exact) mass is 297 g/mol. The van der Waals surface area contributed by atoms with Crippen LogP contribution in [0.2, 0.25) is 0 Å². The van der Waals surface area contributed by atoms with Crippen molar-refractivity contribution < 1.29 is 18.3 Å². The van der Waals surface area contributed by atoms with Gasteiger partial charge in [-0.3, -0.25) is 9.69 Å². The molecule has 0 N–H and O–H groups in total. The quantitative estimate of drug-likeness (QED) is 0.798. The second-order valence-electron chi connectivity index (χ2n) is 5.40. The second-order valence-corrected chi connectivity index (χ2v) is 5.40. The molecule has 1 aromatic rings. The van der Waals surface area contributed by atoms with Gasteiger partial charge in [-0.2, -0.15) is 0 Å². The Morgan fingerprint density at radius 1 is 1.43 bits per heavy atom. The fourth-order valence-corrected chi connectivity index (χ4v) is 2.79. The highest BCUT2D eigenvalue weighted by Gasteiger charge is 2.45. The van der Waals surface area contributed by atoms with E-state index in [9.17, 15) is 13.6 Å². The number of carbonyl (C=O) groups excluding carboxylic acids is 1. The van der Waals surface area contributed by atoms with Gasteiger partial charge < -0.3 is 4.74 Å². The van der Waals surface area contributed by atoms with Crippen molar-refractivity contribution in [3.63, 3.8) is 0 Å². The number of hydrogen-bond acceptors (Lipinski definition) is 3. The highest BCUT2D eigenvalue weighted by Crippen LogP contribution is 2.36. The van der Waals surface area contributed by atoms with Gasteiger partial charge in [0.1, 0.15) is 6.04 Å². The maximum absolute atomic E-state index is 13.7. The van der Waals surface area contributed by atoms with Crippen molar-refractivity contribution in [2.24, 2.45) is 0 Å². The molecular weight excluding hydrogens is 276 g/mol. The molecule has 0 amide bonds. The average molecular weight is 297 g/mol. The zero-order valence-corrected chi connectivity index (χ0v) is 12.4. The second kappa shape index (κ2) is 6.52. The Hall–Kier alpha value is -1.49. The highest BCUT2D eigenvalue weighted by molar-refractivity contribution is 5.76. The summed E-state index contributed by atoms with van der Waals surface area (Å²) in [5.74, 6) is -3.36. The molecule has 0 bridgehead atoms. The zero-order chi connectivity index (χ0) is 15.5. The molecule has 5 heteroatoms. The number of alkyl halides is 2. The minimum Gasteiger partial charge on any atom is -0.465 e. The SMILES string of the molecule is CCOC(=O)[C@H]1CC(F)(F)CCN1[C@H](C)c1ccccc1. The van der Waals surface area contributed by atoms with Crippen molar-refractivity contribution in [2.75, 3.05) is 13.2 Å². The molecule has 1 fully saturated rings. The van der Waals surface area contributed by atoms with Crippen LogP contribution in [0.3, 0.4) is 0 Å². The normalized spacial score (nSPS) is 23.5. The molecular formula is C16H21F2NO2. The third kappa shape index (κ3) is 3.79. The highest BCUT2D eigenvalue weighted by atomic mass is 19.3. The van der Waals surface area contributed by atoms with Crippen LogP contribution in [0.1, 0.15) is 38.3 Å². The van der Waals surface area contributed by atoms with E-state index in [1.54, 1.807) is 6.92 Å². The number of esters is 1. The molecule has 1 aromatic carbocycles. The first-order chi connectivity index (χ1) is 9.94. The molecule has 1 heterocycles. The van der Waals surface area contributed by atoms with Gasteiger partial charge in [0.25, 0.3) is 5.92 Å². The lowest BCUT2D eigenvalue weighted by Gasteiger charge is -2.41. The lowest BCUT2D eigenvalue weighted by atomic mass is 9.94. The van der Waals surface area contributed by atoms with Crippen molar-refractivity contribution in [3.05, 3.63) is 35.9 Å². The summed E-state index contributed by atoms with van der Waals surface area (Å²) >= 11 is 0. The first kappa shape index (κ1) is 15.9. The molecule has 21 heavy (non-hydrogen) atoms. The summed E-state index contributed by atoms with van der Waals surface area (Å²) in [6, 6.07) is 8.62. The number of benzene rings is 1. The number of halogens is 2. The van der Waals surface area contributed by atoms with Crippen LogP contribution < -0.4 is 0 Å². The van der Waals surface area contributed by atoms with Crippen LogP contribution in [-0.4, -0.2) is 36.0 Å². The predicted octanol–water partition coefficient (Wildman–Crippen LogP) is 3.41. The predicted molar refractivity (Wildman–Crippen MR) is 76.2 cm³/mol. The summed E-state index contributed by atoms with van der Waals surface area (Å²) < 4.78 is 32.3. The van der Waals surface area contributed by atoms with Gasteiger partial charge in [0, 0.05) is 25.4 Å². The number of nitrogens with zero attached hydrogens (tertiary/aromatic N) is 1. The summed E-state index contributed by atoms with van der Waals surface area (Å²) in [6.07, 6.45) is -0.691. The third-order valence-electron chi connectivity index (χ3n) is 3.97. The molecule has 2 atom stereocenters. The molecule has 1 aliphatic rings. The van der Waals surface area contributed by atoms with Crippen molar-refractivity contribution in [2.45, 2.75) is 44.7 Å². The van der Waals surface area contributed by atoms with Crippen LogP contribution in [-0.2, 0) is 9.53 Å². The van der Waals surface area contributed by atoms with Gasteiger partial charge in [0.05, 0.1) is 6.61 Å². The number of likely N-dealkylation sites (tertiary alicyclic amines) is 1. The summed E-state index contributed by atoms with van der Waals surface area (Å²) in [5, 5.41) is 0. The molecule has 0 aliphatic carbocycles. The van der Waals surface area contributed by atoms with Crippen LogP contribution >= 0.6 is 0 Å². The van der Waals surface area contributed by atoms with Gasteiger partial charge in [0.2, 0.25) is 0 Å². The molecule has 0 aromatic heterocycles. The van der Waals surface area contributed by atoms with Crippen LogP contribution in [0.15, 0.2) is 30.3 Å². The maximum Gasteiger partial charge on any atom is 0.323 e. The van der Waals surface area contributed by atoms with Crippen molar-refractivity contribution in [1.29, 1.82) is 0 Å². The third-order valence-corrected chi connectivity index (χ3v) is 3.97. The van der Waals surface area contributed by atoms with Gasteiger partial charge in [-0.05, 0) is 19.4 Å². The lowest BCUT2D eigenvalue weighted by molar-refractivity contribution is -0.161. The Morgan fingerprint density at radius 3 is 2.71 bits per heavy atom. The number of carbonyl (C=O) groups is 1. The Kier molecular flexibility index (Phi) is 4.93. The van der Waals surface area contributed by atoms with E-state index in [0.29, 0.717) is 0 Å². The zero-order valence-electron chi connectivity index (χ0n) is 12.4. The first-order valence-electron chi connectivity index (χ1n) is 7.30. The molecule has 0 unspecified atom stereocenters. The van der Waals surface area contributed by atoms with Gasteiger partial charge in [-0.15, -0.1) is 0 Å². The Morgan fingerprint density at radius 2 is 2.10 bits per heavy atom. The van der Waals surface area contributed by atoms with E-state index < -0.39 is 24.4 Å². The first-order valence-corrected chi connectivity index (χ1v) is 7.30. The van der Waals surface area contributed by atoms with Crippen LogP contribution in [0.4, 0.5) is 8.78 Å². The van der Waals surface area contributed by atoms with Gasteiger partial charge >= 0.3 is 5.97 Å². The molecule has 3 nitrogen and oxygen atoms in total. The van der Waals surface area contributed by atoms with E-state index in [2.05, 4.69) is 0 Å². The number of piperidine rings is 1. The van der Waals surface area contributed by atoms with E-state index in [4.69, 9.17) is 4.74 Å². The smallest absolute Gasteiger partial charge is 0.323 e. The number of hydrogen-bond donors (Lipinski definition) is 0. The minimum absolute atomic E-state index is 0.100. The largest absolute Gasteiger partial charge is 0.465 e. The Bertz CT molecular complexity index is 478. The maximum atomic E-state index is 13.7. The molecule has 0 saturated carbocycles. The molecule has 2 rings (SSSR count). The molecule has 0 radical (unpaired) electrons. The van der Waals surface area contributed by atoms with Crippen LogP contribution in [0.25, 0.3) is 0 Å². The summed E-state index contributed by atoms with van der Waals surface area (Å²) in [6.45, 7) is 4.01. The van der Waals surface area contributed by atoms with E-state index in [0.717, 1.165) is 5.56 Å². The molecule has 0 spiro atoms. The number of rotatable bonds is 4. The summed E-state index contributed by atoms with van der Waals surface area (Å²) in [5.41, 5.74) is 1.01. The topological polar surface area (TPSA) is 29.5 Å². The minimum atomic E-state index is -2.80. The van der Waals surface area contributed by atoms with Crippen molar-refractivity contribution >= 4 is 5.97 Å². The van der Waals surface area contributed by atoms with Gasteiger partial charge in [0.15, 0.2) is 0 Å². The molecule has 1 aliphatic heterocycles. The average Bonchev–Trinajstić information content (AvgIpc) is 2.47. The molecule has 116 valence electrons. The number of ether oxygens (including phenoxy) is 1. The summed E-state index contributed by atoms with van der Waals surface area (Å²) in [7, 11) is 0. The Balaban J connectivity index is 2.20. The van der Waals surface area contributed by atoms with E-state index in [1.165, 1.54) is 0 Å². The van der Waals surface area contributed by atoms with Crippen molar-refractivity contribution in [3.8, 4) is 0 Å². The van der Waals surface area contributed by atoms with Crippen LogP contribution in [0.5, 0.6) is 0 Å². The van der Waals surface area contributed by atoms with E-state index >= 15 is 0 Å². The molecule has 1 saturated heterocycles. The van der Waals surface area contributed by atoms with Gasteiger partial charge in [-0.1, -0.05) is 30.3 Å². The standard InChI is InChI=1S/C16H21F2NO2/c1-3-21-15(20)14-11-16(17,18)9-10-19(14)12(2)13-7-5-4-6-8-13/h4-8,12,14H,3,9-11H2,1-2H3/t12-,14-/m1/s1. The fourth-order valence-electron chi connectivity index (χ4n) is 2.79. The van der Waals surface area contributed by atoms with Crippen molar-refractivity contribution in [1.82, 2.24) is 4.90 Å². The Labute approximate surface area is 123 Å². The lowest BCUT2D eigenvalue weighted by Crippen LogP contribution is -2.52. The summed E-state index contributed by atoms with van der Waals surface area (Å²) in [4.78, 5) is 13.9. The van der Waals surface area contributed by atoms with Crippen LogP contribution in [0, 0.1) is 0 Å². The van der Waals surface area contributed by atoms with E-state index in [1.807, 2.05) is 42.2 Å².